The first-order valence-corrected chi connectivity index (χ1v) is 7.23. The van der Waals surface area contributed by atoms with Crippen LogP contribution in [0.15, 0.2) is 40.2 Å². The van der Waals surface area contributed by atoms with E-state index >= 15 is 0 Å². The average molecular weight is 320 g/mol. The van der Waals surface area contributed by atoms with Crippen molar-refractivity contribution >= 4 is 26.0 Å². The summed E-state index contributed by atoms with van der Waals surface area (Å²) < 4.78 is 31.8. The third-order valence-corrected chi connectivity index (χ3v) is 4.15. The summed E-state index contributed by atoms with van der Waals surface area (Å²) in [6, 6.07) is 4.61. The van der Waals surface area contributed by atoms with Gasteiger partial charge in [-0.3, -0.25) is 0 Å². The normalized spacial score (nSPS) is 11.2. The van der Waals surface area contributed by atoms with Gasteiger partial charge < -0.3 is 4.74 Å². The Bertz CT molecular complexity index is 499. The monoisotopic (exact) mass is 319 g/mol. The maximum atomic E-state index is 11.9. The molecule has 0 aromatic heterocycles. The standard InChI is InChI=1S/C11H14BrNO3S/c1-3-4-7-13-17(14,15)9-5-6-11(16-2)10(12)8-9/h3,5-6,8,13H,1,4,7H2,2H3. The molecule has 0 saturated carbocycles. The van der Waals surface area contributed by atoms with Crippen molar-refractivity contribution in [3.05, 3.63) is 35.3 Å². The zero-order valence-corrected chi connectivity index (χ0v) is 11.8. The Labute approximate surface area is 110 Å². The number of sulfonamides is 1. The summed E-state index contributed by atoms with van der Waals surface area (Å²) in [6.07, 6.45) is 2.25. The second kappa shape index (κ2) is 6.18. The molecule has 0 amide bonds. The molecule has 6 heteroatoms. The van der Waals surface area contributed by atoms with Crippen LogP contribution in [0.5, 0.6) is 5.75 Å². The van der Waals surface area contributed by atoms with Crippen molar-refractivity contribution < 1.29 is 13.2 Å². The summed E-state index contributed by atoms with van der Waals surface area (Å²) in [5, 5.41) is 0. The minimum Gasteiger partial charge on any atom is -0.496 e. The fraction of sp³-hybridized carbons (Fsp3) is 0.273. The van der Waals surface area contributed by atoms with E-state index in [9.17, 15) is 8.42 Å². The molecule has 1 rings (SSSR count). The van der Waals surface area contributed by atoms with E-state index in [-0.39, 0.29) is 4.90 Å². The number of hydrogen-bond donors (Lipinski definition) is 1. The highest BCUT2D eigenvalue weighted by molar-refractivity contribution is 9.10. The van der Waals surface area contributed by atoms with Gasteiger partial charge in [-0.15, -0.1) is 6.58 Å². The Balaban J connectivity index is 2.91. The highest BCUT2D eigenvalue weighted by atomic mass is 79.9. The molecule has 4 nitrogen and oxygen atoms in total. The first-order valence-electron chi connectivity index (χ1n) is 4.95. The van der Waals surface area contributed by atoms with Crippen LogP contribution in [0.25, 0.3) is 0 Å². The van der Waals surface area contributed by atoms with Gasteiger partial charge in [0.2, 0.25) is 10.0 Å². The van der Waals surface area contributed by atoms with Crippen LogP contribution in [0.3, 0.4) is 0 Å². The minimum atomic E-state index is -3.46. The van der Waals surface area contributed by atoms with Crippen molar-refractivity contribution in [3.8, 4) is 5.75 Å². The molecule has 0 unspecified atom stereocenters. The number of hydrogen-bond acceptors (Lipinski definition) is 3. The summed E-state index contributed by atoms with van der Waals surface area (Å²) in [5.41, 5.74) is 0. The van der Waals surface area contributed by atoms with E-state index in [0.29, 0.717) is 23.2 Å². The van der Waals surface area contributed by atoms with Gasteiger partial charge in [-0.1, -0.05) is 6.08 Å². The topological polar surface area (TPSA) is 55.4 Å². The largest absolute Gasteiger partial charge is 0.496 e. The van der Waals surface area contributed by atoms with E-state index in [1.54, 1.807) is 12.1 Å². The van der Waals surface area contributed by atoms with Crippen LogP contribution in [-0.2, 0) is 10.0 Å². The number of nitrogens with one attached hydrogen (secondary N) is 1. The predicted octanol–water partition coefficient (Wildman–Crippen LogP) is 2.31. The van der Waals surface area contributed by atoms with Gasteiger partial charge in [-0.2, -0.15) is 0 Å². The summed E-state index contributed by atoms with van der Waals surface area (Å²) >= 11 is 3.25. The molecule has 0 bridgehead atoms. The summed E-state index contributed by atoms with van der Waals surface area (Å²) in [5.74, 6) is 0.593. The van der Waals surface area contributed by atoms with E-state index in [2.05, 4.69) is 27.2 Å². The maximum absolute atomic E-state index is 11.9. The third kappa shape index (κ3) is 3.83. The lowest BCUT2D eigenvalue weighted by atomic mass is 10.3. The van der Waals surface area contributed by atoms with Crippen molar-refractivity contribution in [2.24, 2.45) is 0 Å². The lowest BCUT2D eigenvalue weighted by Crippen LogP contribution is -2.24. The van der Waals surface area contributed by atoms with E-state index in [1.807, 2.05) is 0 Å². The molecule has 0 aliphatic carbocycles. The lowest BCUT2D eigenvalue weighted by Gasteiger charge is -2.08. The molecule has 0 aliphatic heterocycles. The SMILES string of the molecule is C=CCCNS(=O)(=O)c1ccc(OC)c(Br)c1. The van der Waals surface area contributed by atoms with Gasteiger partial charge >= 0.3 is 0 Å². The molecule has 0 heterocycles. The Morgan fingerprint density at radius 3 is 2.76 bits per heavy atom. The minimum absolute atomic E-state index is 0.203. The van der Waals surface area contributed by atoms with Gasteiger partial charge in [0.15, 0.2) is 0 Å². The molecule has 0 radical (unpaired) electrons. The number of halogens is 1. The first kappa shape index (κ1) is 14.2. The quantitative estimate of drug-likeness (QED) is 0.646. The van der Waals surface area contributed by atoms with Crippen LogP contribution in [0.4, 0.5) is 0 Å². The molecule has 0 spiro atoms. The van der Waals surface area contributed by atoms with E-state index in [0.717, 1.165) is 0 Å². The van der Waals surface area contributed by atoms with Crippen molar-refractivity contribution in [3.63, 3.8) is 0 Å². The molecule has 94 valence electrons. The Morgan fingerprint density at radius 1 is 1.53 bits per heavy atom. The number of benzene rings is 1. The van der Waals surface area contributed by atoms with Crippen LogP contribution in [0.2, 0.25) is 0 Å². The second-order valence-corrected chi connectivity index (χ2v) is 5.89. The summed E-state index contributed by atoms with van der Waals surface area (Å²) in [6.45, 7) is 3.87. The van der Waals surface area contributed by atoms with Crippen molar-refractivity contribution in [1.29, 1.82) is 0 Å². The molecule has 1 N–H and O–H groups in total. The van der Waals surface area contributed by atoms with Gasteiger partial charge in [0.25, 0.3) is 0 Å². The molecule has 0 fully saturated rings. The van der Waals surface area contributed by atoms with Gasteiger partial charge in [0.1, 0.15) is 5.75 Å². The van der Waals surface area contributed by atoms with Gasteiger partial charge in [0.05, 0.1) is 16.5 Å². The van der Waals surface area contributed by atoms with Crippen LogP contribution in [0.1, 0.15) is 6.42 Å². The van der Waals surface area contributed by atoms with Crippen molar-refractivity contribution in [2.75, 3.05) is 13.7 Å². The summed E-state index contributed by atoms with van der Waals surface area (Å²) in [4.78, 5) is 0.203. The Kier molecular flexibility index (Phi) is 5.17. The zero-order valence-electron chi connectivity index (χ0n) is 9.44. The first-order chi connectivity index (χ1) is 8.01. The van der Waals surface area contributed by atoms with E-state index in [1.165, 1.54) is 19.2 Å². The Morgan fingerprint density at radius 2 is 2.24 bits per heavy atom. The van der Waals surface area contributed by atoms with Crippen LogP contribution in [-0.4, -0.2) is 22.1 Å². The molecule has 1 aromatic rings. The average Bonchev–Trinajstić information content (AvgIpc) is 2.29. The molecule has 17 heavy (non-hydrogen) atoms. The predicted molar refractivity (Wildman–Crippen MR) is 70.7 cm³/mol. The highest BCUT2D eigenvalue weighted by Crippen LogP contribution is 2.27. The second-order valence-electron chi connectivity index (χ2n) is 3.27. The molecular weight excluding hydrogens is 306 g/mol. The molecule has 0 aliphatic rings. The number of ether oxygens (including phenoxy) is 1. The van der Waals surface area contributed by atoms with Crippen molar-refractivity contribution in [1.82, 2.24) is 4.72 Å². The van der Waals surface area contributed by atoms with Gasteiger partial charge in [-0.25, -0.2) is 13.1 Å². The highest BCUT2D eigenvalue weighted by Gasteiger charge is 2.14. The van der Waals surface area contributed by atoms with Crippen LogP contribution < -0.4 is 9.46 Å². The zero-order chi connectivity index (χ0) is 12.9. The van der Waals surface area contributed by atoms with Gasteiger partial charge in [-0.05, 0) is 40.5 Å². The fourth-order valence-corrected chi connectivity index (χ4v) is 2.96. The molecule has 0 saturated heterocycles. The number of methoxy groups -OCH3 is 1. The van der Waals surface area contributed by atoms with Gasteiger partial charge in [0, 0.05) is 6.54 Å². The lowest BCUT2D eigenvalue weighted by molar-refractivity contribution is 0.411. The molecular formula is C11H14BrNO3S. The van der Waals surface area contributed by atoms with E-state index in [4.69, 9.17) is 4.74 Å². The fourth-order valence-electron chi connectivity index (χ4n) is 1.19. The van der Waals surface area contributed by atoms with Crippen LogP contribution >= 0.6 is 15.9 Å². The summed E-state index contributed by atoms with van der Waals surface area (Å²) in [7, 11) is -1.94. The smallest absolute Gasteiger partial charge is 0.240 e. The van der Waals surface area contributed by atoms with E-state index < -0.39 is 10.0 Å². The third-order valence-electron chi connectivity index (χ3n) is 2.07. The maximum Gasteiger partial charge on any atom is 0.240 e. The van der Waals surface area contributed by atoms with Crippen LogP contribution in [0, 0.1) is 0 Å². The number of rotatable bonds is 6. The molecule has 0 atom stereocenters. The molecule has 1 aromatic carbocycles. The Hall–Kier alpha value is -0.850. The van der Waals surface area contributed by atoms with Crippen molar-refractivity contribution in [2.45, 2.75) is 11.3 Å².